The lowest BCUT2D eigenvalue weighted by Gasteiger charge is -2.00. The molecule has 2 rings (SSSR count). The molecule has 0 atom stereocenters. The summed E-state index contributed by atoms with van der Waals surface area (Å²) in [5.74, 6) is -2.58. The monoisotopic (exact) mass is 350 g/mol. The fourth-order valence-electron chi connectivity index (χ4n) is 1.26. The summed E-state index contributed by atoms with van der Waals surface area (Å²) < 4.78 is 27.2. The molecule has 2 aromatic rings. The molecule has 0 fully saturated rings. The molecule has 0 unspecified atom stereocenters. The van der Waals surface area contributed by atoms with Gasteiger partial charge in [-0.05, 0) is 40.8 Å². The lowest BCUT2D eigenvalue weighted by atomic mass is 10.1. The van der Waals surface area contributed by atoms with Crippen LogP contribution in [0, 0.1) is 14.5 Å². The second-order valence-electron chi connectivity index (χ2n) is 3.07. The van der Waals surface area contributed by atoms with Crippen molar-refractivity contribution >= 4 is 39.7 Å². The molecule has 0 aliphatic heterocycles. The summed E-state index contributed by atoms with van der Waals surface area (Å²) in [6, 6.07) is 5.25. The van der Waals surface area contributed by atoms with Gasteiger partial charge in [0.05, 0.1) is 8.45 Å². The highest BCUT2D eigenvalue weighted by atomic mass is 127. The molecule has 0 aliphatic carbocycles. The summed E-state index contributed by atoms with van der Waals surface area (Å²) in [4.78, 5) is 11.8. The molecule has 0 spiro atoms. The Labute approximate surface area is 108 Å². The van der Waals surface area contributed by atoms with Crippen molar-refractivity contribution in [2.75, 3.05) is 0 Å². The van der Waals surface area contributed by atoms with Crippen molar-refractivity contribution in [3.63, 3.8) is 0 Å². The summed E-state index contributed by atoms with van der Waals surface area (Å²) in [6.45, 7) is 0. The third-order valence-electron chi connectivity index (χ3n) is 2.03. The second kappa shape index (κ2) is 4.58. The minimum absolute atomic E-state index is 0.228. The first-order chi connectivity index (χ1) is 7.59. The molecule has 0 amide bonds. The van der Waals surface area contributed by atoms with E-state index < -0.39 is 17.4 Å². The third kappa shape index (κ3) is 2.15. The van der Waals surface area contributed by atoms with Crippen LogP contribution in [0.5, 0.6) is 0 Å². The van der Waals surface area contributed by atoms with Crippen LogP contribution in [-0.4, -0.2) is 5.78 Å². The first-order valence-corrected chi connectivity index (χ1v) is 6.28. The van der Waals surface area contributed by atoms with Gasteiger partial charge in [-0.25, -0.2) is 8.78 Å². The molecule has 0 bridgehead atoms. The Bertz CT molecular complexity index is 551. The first-order valence-electron chi connectivity index (χ1n) is 4.32. The van der Waals surface area contributed by atoms with Crippen LogP contribution in [-0.2, 0) is 0 Å². The molecule has 0 saturated carbocycles. The van der Waals surface area contributed by atoms with Gasteiger partial charge in [0, 0.05) is 10.9 Å². The third-order valence-corrected chi connectivity index (χ3v) is 3.81. The van der Waals surface area contributed by atoms with Crippen molar-refractivity contribution in [1.82, 2.24) is 0 Å². The smallest absolute Gasteiger partial charge is 0.196 e. The normalized spacial score (nSPS) is 10.4. The van der Waals surface area contributed by atoms with Gasteiger partial charge >= 0.3 is 0 Å². The van der Waals surface area contributed by atoms with E-state index in [9.17, 15) is 13.6 Å². The maximum Gasteiger partial charge on any atom is 0.196 e. The minimum Gasteiger partial charge on any atom is -0.288 e. The van der Waals surface area contributed by atoms with Gasteiger partial charge in [-0.1, -0.05) is 6.07 Å². The first kappa shape index (κ1) is 11.7. The summed E-state index contributed by atoms with van der Waals surface area (Å²) in [5, 5.41) is 1.63. The summed E-state index contributed by atoms with van der Waals surface area (Å²) in [6.07, 6.45) is 0. The molecule has 1 aromatic heterocycles. The van der Waals surface area contributed by atoms with Crippen molar-refractivity contribution in [3.05, 3.63) is 55.3 Å². The highest BCUT2D eigenvalue weighted by Gasteiger charge is 2.17. The summed E-state index contributed by atoms with van der Waals surface area (Å²) in [7, 11) is 0. The van der Waals surface area contributed by atoms with E-state index in [1.807, 2.05) is 0 Å². The average Bonchev–Trinajstić information content (AvgIpc) is 2.68. The predicted molar refractivity (Wildman–Crippen MR) is 66.8 cm³/mol. The molecule has 16 heavy (non-hydrogen) atoms. The van der Waals surface area contributed by atoms with E-state index in [2.05, 4.69) is 22.6 Å². The van der Waals surface area contributed by atoms with Crippen LogP contribution in [0.4, 0.5) is 8.78 Å². The van der Waals surface area contributed by atoms with E-state index in [-0.39, 0.29) is 5.56 Å². The Balaban J connectivity index is 2.45. The number of hydrogen-bond acceptors (Lipinski definition) is 2. The van der Waals surface area contributed by atoms with Gasteiger partial charge in [-0.2, -0.15) is 0 Å². The van der Waals surface area contributed by atoms with Crippen molar-refractivity contribution < 1.29 is 13.6 Å². The fourth-order valence-corrected chi connectivity index (χ4v) is 2.59. The van der Waals surface area contributed by atoms with Crippen molar-refractivity contribution in [2.24, 2.45) is 0 Å². The van der Waals surface area contributed by atoms with Crippen LogP contribution in [0.3, 0.4) is 0 Å². The van der Waals surface area contributed by atoms with Gasteiger partial charge in [0.25, 0.3) is 0 Å². The number of ketones is 1. The molecule has 0 saturated heterocycles. The van der Waals surface area contributed by atoms with Crippen LogP contribution in [0.1, 0.15) is 15.9 Å². The fraction of sp³-hybridized carbons (Fsp3) is 0. The van der Waals surface area contributed by atoms with E-state index in [1.54, 1.807) is 11.4 Å². The van der Waals surface area contributed by atoms with Gasteiger partial charge < -0.3 is 0 Å². The van der Waals surface area contributed by atoms with Gasteiger partial charge in [-0.15, -0.1) is 11.3 Å². The quantitative estimate of drug-likeness (QED) is 0.594. The van der Waals surface area contributed by atoms with Crippen molar-refractivity contribution in [3.8, 4) is 0 Å². The Morgan fingerprint density at radius 2 is 2.06 bits per heavy atom. The minimum atomic E-state index is -1.09. The second-order valence-corrected chi connectivity index (χ2v) is 5.88. The molecule has 1 heterocycles. The van der Waals surface area contributed by atoms with Gasteiger partial charge in [-0.3, -0.25) is 4.79 Å². The molecule has 1 nitrogen and oxygen atoms in total. The Kier molecular flexibility index (Phi) is 3.34. The van der Waals surface area contributed by atoms with E-state index in [0.717, 1.165) is 8.95 Å². The highest BCUT2D eigenvalue weighted by molar-refractivity contribution is 14.1. The van der Waals surface area contributed by atoms with Crippen LogP contribution in [0.2, 0.25) is 0 Å². The number of halogens is 3. The number of carbonyl (C=O) groups excluding carboxylic acids is 1. The largest absolute Gasteiger partial charge is 0.288 e. The predicted octanol–water partition coefficient (Wildman–Crippen LogP) is 3.86. The Morgan fingerprint density at radius 1 is 1.31 bits per heavy atom. The molecule has 5 heteroatoms. The molecule has 0 aliphatic rings. The van der Waals surface area contributed by atoms with Crippen LogP contribution >= 0.6 is 33.9 Å². The Morgan fingerprint density at radius 3 is 2.69 bits per heavy atom. The van der Waals surface area contributed by atoms with Crippen molar-refractivity contribution in [1.29, 1.82) is 0 Å². The Hall–Kier alpha value is -0.820. The molecule has 0 radical (unpaired) electrons. The SMILES string of the molecule is O=C(c1csc(I)c1)c1cccc(F)c1F. The lowest BCUT2D eigenvalue weighted by molar-refractivity contribution is 0.103. The van der Waals surface area contributed by atoms with Crippen LogP contribution in [0.15, 0.2) is 29.6 Å². The van der Waals surface area contributed by atoms with Gasteiger partial charge in [0.15, 0.2) is 17.4 Å². The number of thiophene rings is 1. The number of hydrogen-bond donors (Lipinski definition) is 0. The van der Waals surface area contributed by atoms with E-state index in [1.165, 1.54) is 23.5 Å². The van der Waals surface area contributed by atoms with E-state index in [0.29, 0.717) is 5.56 Å². The average molecular weight is 350 g/mol. The number of carbonyl (C=O) groups is 1. The molecule has 1 aromatic carbocycles. The maximum absolute atomic E-state index is 13.4. The zero-order valence-corrected chi connectivity index (χ0v) is 10.8. The van der Waals surface area contributed by atoms with Gasteiger partial charge in [0.2, 0.25) is 0 Å². The topological polar surface area (TPSA) is 17.1 Å². The van der Waals surface area contributed by atoms with E-state index >= 15 is 0 Å². The highest BCUT2D eigenvalue weighted by Crippen LogP contribution is 2.21. The van der Waals surface area contributed by atoms with Gasteiger partial charge in [0.1, 0.15) is 0 Å². The summed E-state index contributed by atoms with van der Waals surface area (Å²) >= 11 is 3.45. The van der Waals surface area contributed by atoms with E-state index in [4.69, 9.17) is 0 Å². The van der Waals surface area contributed by atoms with Crippen LogP contribution in [0.25, 0.3) is 0 Å². The maximum atomic E-state index is 13.4. The molecular formula is C11H5F2IOS. The zero-order valence-electron chi connectivity index (χ0n) is 7.84. The summed E-state index contributed by atoms with van der Waals surface area (Å²) in [5.41, 5.74) is 0.160. The molecule has 0 N–H and O–H groups in total. The van der Waals surface area contributed by atoms with Crippen LogP contribution < -0.4 is 0 Å². The van der Waals surface area contributed by atoms with Crippen molar-refractivity contribution in [2.45, 2.75) is 0 Å². The standard InChI is InChI=1S/C11H5F2IOS/c12-8-3-1-2-7(10(8)13)11(15)6-4-9(14)16-5-6/h1-5H. The number of benzene rings is 1. The zero-order chi connectivity index (χ0) is 11.7. The lowest BCUT2D eigenvalue weighted by Crippen LogP contribution is -2.04. The number of rotatable bonds is 2. The molecular weight excluding hydrogens is 345 g/mol. The molecule has 82 valence electrons.